The number of halogens is 1. The number of pyridine rings is 1. The van der Waals surface area contributed by atoms with Gasteiger partial charge in [0.1, 0.15) is 16.8 Å². The van der Waals surface area contributed by atoms with E-state index in [4.69, 9.17) is 21.1 Å². The topological polar surface area (TPSA) is 133 Å². The van der Waals surface area contributed by atoms with Crippen LogP contribution < -0.4 is 10.0 Å². The number of aromatic nitrogens is 1. The molecule has 2 heterocycles. The van der Waals surface area contributed by atoms with Gasteiger partial charge in [-0.1, -0.05) is 11.6 Å². The molecule has 30 heavy (non-hydrogen) atoms. The molecule has 10 nitrogen and oxygen atoms in total. The first-order valence-corrected chi connectivity index (χ1v) is 11.7. The molecule has 0 aromatic carbocycles. The molecule has 0 amide bonds. The first-order valence-electron chi connectivity index (χ1n) is 9.86. The standard InChI is InChI=1S/C18H27ClN4O6S/c1-11(16-10-28-18(2,3)29-16)21-17-15(19)8-14(9-20-17)30(26,27)22-12-4-6-13(7-5-12)23(24)25/h8-9,11-13,16,22H,4-7,10H2,1-3H3,(H,20,21)/t11-,12?,13?,16+/m0/s1. The number of nitrogens with one attached hydrogen (secondary N) is 2. The molecule has 0 bridgehead atoms. The van der Waals surface area contributed by atoms with Crippen molar-refractivity contribution >= 4 is 27.4 Å². The second kappa shape index (κ2) is 8.91. The maximum absolute atomic E-state index is 12.7. The minimum Gasteiger partial charge on any atom is -0.364 e. The lowest BCUT2D eigenvalue weighted by Gasteiger charge is -2.25. The average molecular weight is 463 g/mol. The van der Waals surface area contributed by atoms with Gasteiger partial charge in [-0.25, -0.2) is 18.1 Å². The van der Waals surface area contributed by atoms with Crippen LogP contribution in [0.3, 0.4) is 0 Å². The van der Waals surface area contributed by atoms with Crippen LogP contribution in [0.1, 0.15) is 46.5 Å². The Morgan fingerprint density at radius 3 is 2.53 bits per heavy atom. The Kier molecular flexibility index (Phi) is 6.87. The molecule has 1 aromatic rings. The fraction of sp³-hybridized carbons (Fsp3) is 0.722. The Morgan fingerprint density at radius 1 is 1.33 bits per heavy atom. The molecule has 1 saturated carbocycles. The first kappa shape index (κ1) is 23.1. The minimum atomic E-state index is -3.84. The minimum absolute atomic E-state index is 0.0521. The molecule has 0 unspecified atom stereocenters. The number of ether oxygens (including phenoxy) is 2. The molecule has 2 N–H and O–H groups in total. The maximum atomic E-state index is 12.7. The quantitative estimate of drug-likeness (QED) is 0.466. The van der Waals surface area contributed by atoms with Crippen LogP contribution in [0.25, 0.3) is 0 Å². The zero-order valence-corrected chi connectivity index (χ0v) is 18.7. The Morgan fingerprint density at radius 2 is 2.00 bits per heavy atom. The number of rotatable bonds is 7. The van der Waals surface area contributed by atoms with Gasteiger partial charge >= 0.3 is 0 Å². The predicted molar refractivity (Wildman–Crippen MR) is 111 cm³/mol. The number of nitrogens with zero attached hydrogens (tertiary/aromatic N) is 2. The third-order valence-corrected chi connectivity index (χ3v) is 7.17. The molecule has 1 aliphatic heterocycles. The van der Waals surface area contributed by atoms with E-state index in [2.05, 4.69) is 15.0 Å². The monoisotopic (exact) mass is 462 g/mol. The molecule has 3 rings (SSSR count). The average Bonchev–Trinajstić information content (AvgIpc) is 3.03. The Bertz CT molecular complexity index is 889. The zero-order valence-electron chi connectivity index (χ0n) is 17.1. The molecular weight excluding hydrogens is 436 g/mol. The van der Waals surface area contributed by atoms with Crippen molar-refractivity contribution in [3.05, 3.63) is 27.4 Å². The highest BCUT2D eigenvalue weighted by molar-refractivity contribution is 7.89. The largest absolute Gasteiger partial charge is 0.364 e. The van der Waals surface area contributed by atoms with Crippen LogP contribution in [-0.2, 0) is 19.5 Å². The highest BCUT2D eigenvalue weighted by Gasteiger charge is 2.36. The van der Waals surface area contributed by atoms with Gasteiger partial charge in [-0.15, -0.1) is 0 Å². The van der Waals surface area contributed by atoms with Crippen LogP contribution in [0.5, 0.6) is 0 Å². The summed E-state index contributed by atoms with van der Waals surface area (Å²) in [6.45, 7) is 6.00. The smallest absolute Gasteiger partial charge is 0.242 e. The zero-order chi connectivity index (χ0) is 22.1. The van der Waals surface area contributed by atoms with Gasteiger partial charge in [0.25, 0.3) is 0 Å². The van der Waals surface area contributed by atoms with Crippen molar-refractivity contribution in [3.8, 4) is 0 Å². The van der Waals surface area contributed by atoms with E-state index >= 15 is 0 Å². The van der Waals surface area contributed by atoms with E-state index in [1.54, 1.807) is 0 Å². The lowest BCUT2D eigenvalue weighted by molar-refractivity contribution is -0.526. The molecule has 2 atom stereocenters. The third kappa shape index (κ3) is 5.58. The molecular formula is C18H27ClN4O6S. The summed E-state index contributed by atoms with van der Waals surface area (Å²) >= 11 is 6.27. The van der Waals surface area contributed by atoms with E-state index < -0.39 is 21.9 Å². The molecule has 168 valence electrons. The van der Waals surface area contributed by atoms with Gasteiger partial charge in [0.2, 0.25) is 16.1 Å². The summed E-state index contributed by atoms with van der Waals surface area (Å²) in [6, 6.07) is 0.235. The lowest BCUT2D eigenvalue weighted by Crippen LogP contribution is -2.40. The van der Waals surface area contributed by atoms with Gasteiger partial charge in [0.15, 0.2) is 5.79 Å². The summed E-state index contributed by atoms with van der Waals surface area (Å²) < 4.78 is 39.3. The number of hydrogen-bond acceptors (Lipinski definition) is 8. The van der Waals surface area contributed by atoms with E-state index in [0.29, 0.717) is 38.1 Å². The SMILES string of the molecule is C[C@H](Nc1ncc(S(=O)(=O)NC2CCC([N+](=O)[O-])CC2)cc1Cl)[C@H]1COC(C)(C)O1. The summed E-state index contributed by atoms with van der Waals surface area (Å²) in [5.41, 5.74) is 0. The summed E-state index contributed by atoms with van der Waals surface area (Å²) in [4.78, 5) is 14.7. The first-order chi connectivity index (χ1) is 14.0. The van der Waals surface area contributed by atoms with Gasteiger partial charge in [0, 0.05) is 30.0 Å². The lowest BCUT2D eigenvalue weighted by atomic mass is 9.92. The van der Waals surface area contributed by atoms with E-state index in [1.807, 2.05) is 20.8 Å². The Balaban J connectivity index is 1.62. The summed E-state index contributed by atoms with van der Waals surface area (Å²) in [5, 5.41) is 14.2. The fourth-order valence-electron chi connectivity index (χ4n) is 3.64. The van der Waals surface area contributed by atoms with Crippen molar-refractivity contribution in [3.63, 3.8) is 0 Å². The second-order valence-electron chi connectivity index (χ2n) is 8.21. The number of hydrogen-bond donors (Lipinski definition) is 2. The Labute approximate surface area is 180 Å². The normalized spacial score (nSPS) is 27.5. The van der Waals surface area contributed by atoms with Crippen LogP contribution in [-0.4, -0.2) is 54.9 Å². The van der Waals surface area contributed by atoms with E-state index in [0.717, 1.165) is 0 Å². The van der Waals surface area contributed by atoms with Crippen molar-refractivity contribution < 1.29 is 22.8 Å². The van der Waals surface area contributed by atoms with Gasteiger partial charge < -0.3 is 14.8 Å². The second-order valence-corrected chi connectivity index (χ2v) is 10.3. The van der Waals surface area contributed by atoms with Crippen molar-refractivity contribution in [2.24, 2.45) is 0 Å². The molecule has 0 radical (unpaired) electrons. The van der Waals surface area contributed by atoms with Crippen LogP contribution >= 0.6 is 11.6 Å². The third-order valence-electron chi connectivity index (χ3n) is 5.40. The summed E-state index contributed by atoms with van der Waals surface area (Å²) in [7, 11) is -3.84. The Hall–Kier alpha value is -1.53. The van der Waals surface area contributed by atoms with Crippen LogP contribution in [0, 0.1) is 10.1 Å². The highest BCUT2D eigenvalue weighted by Crippen LogP contribution is 2.28. The van der Waals surface area contributed by atoms with Gasteiger partial charge in [-0.3, -0.25) is 10.1 Å². The van der Waals surface area contributed by atoms with Crippen molar-refractivity contribution in [2.45, 2.75) is 81.4 Å². The van der Waals surface area contributed by atoms with E-state index in [-0.39, 0.29) is 33.0 Å². The van der Waals surface area contributed by atoms with E-state index in [9.17, 15) is 18.5 Å². The molecule has 1 aromatic heterocycles. The number of nitro groups is 1. The summed E-state index contributed by atoms with van der Waals surface area (Å²) in [5.74, 6) is -0.303. The molecule has 2 fully saturated rings. The van der Waals surface area contributed by atoms with Crippen LogP contribution in [0.4, 0.5) is 5.82 Å². The van der Waals surface area contributed by atoms with Gasteiger partial charge in [-0.05, 0) is 39.7 Å². The predicted octanol–water partition coefficient (Wildman–Crippen LogP) is 2.55. The van der Waals surface area contributed by atoms with Gasteiger partial charge in [-0.2, -0.15) is 0 Å². The molecule has 2 aliphatic rings. The van der Waals surface area contributed by atoms with Gasteiger partial charge in [0.05, 0.1) is 17.7 Å². The van der Waals surface area contributed by atoms with Crippen molar-refractivity contribution in [1.29, 1.82) is 0 Å². The number of sulfonamides is 1. The molecule has 1 aliphatic carbocycles. The summed E-state index contributed by atoms with van der Waals surface area (Å²) in [6.07, 6.45) is 2.58. The molecule has 1 saturated heterocycles. The van der Waals surface area contributed by atoms with E-state index in [1.165, 1.54) is 12.3 Å². The molecule has 0 spiro atoms. The number of anilines is 1. The maximum Gasteiger partial charge on any atom is 0.242 e. The van der Waals surface area contributed by atoms with Crippen LogP contribution in [0.2, 0.25) is 5.02 Å². The highest BCUT2D eigenvalue weighted by atomic mass is 35.5. The van der Waals surface area contributed by atoms with Crippen LogP contribution in [0.15, 0.2) is 17.2 Å². The van der Waals surface area contributed by atoms with Crippen molar-refractivity contribution in [1.82, 2.24) is 9.71 Å². The van der Waals surface area contributed by atoms with Crippen molar-refractivity contribution in [2.75, 3.05) is 11.9 Å². The molecule has 12 heteroatoms. The fourth-order valence-corrected chi connectivity index (χ4v) is 5.20.